The van der Waals surface area contributed by atoms with Crippen LogP contribution in [0.1, 0.15) is 154 Å². The Morgan fingerprint density at radius 3 is 2.40 bits per heavy atom. The van der Waals surface area contributed by atoms with Crippen LogP contribution in [0.15, 0.2) is 60.2 Å². The predicted octanol–water partition coefficient (Wildman–Crippen LogP) is 8.25. The largest absolute Gasteiger partial charge is 0.507 e. The number of benzene rings is 3. The number of phenols is 1. The normalized spacial score (nSPS) is 35.1. The SMILES string of the molecule is C[C@H](O)CNc1cc(CO)cc([C@H]2C#C[C@@H]3CC(=O)Oc4c3cc(c(O)c4C3CCCCC3)C[C@H]3OC(=O)/C(=C\[C@H](O)Cc4cccc(c4)C[C@H]4C(=O)C[C@@H]5CC[C@H]6[C@H]7CCCC[C@H]7[C@]3(O)[C@@H]5[C@H]64)C2)c1. The summed E-state index contributed by atoms with van der Waals surface area (Å²) in [5.74, 6) is 4.21. The lowest BCUT2D eigenvalue weighted by Gasteiger charge is -2.66. The van der Waals surface area contributed by atoms with Crippen LogP contribution in [0, 0.1) is 53.3 Å². The van der Waals surface area contributed by atoms with Crippen molar-refractivity contribution in [3.63, 3.8) is 0 Å². The van der Waals surface area contributed by atoms with Gasteiger partial charge in [0.2, 0.25) is 0 Å². The molecule has 11 nitrogen and oxygen atoms in total. The molecule has 70 heavy (non-hydrogen) atoms. The van der Waals surface area contributed by atoms with Gasteiger partial charge in [0.05, 0.1) is 31.2 Å². The van der Waals surface area contributed by atoms with Crippen LogP contribution in [-0.2, 0) is 45.0 Å². The average Bonchev–Trinajstić information content (AvgIpc) is 3.35. The lowest BCUT2D eigenvalue weighted by molar-refractivity contribution is -0.265. The van der Waals surface area contributed by atoms with E-state index < -0.39 is 47.7 Å². The zero-order chi connectivity index (χ0) is 48.4. The second kappa shape index (κ2) is 19.2. The Hall–Kier alpha value is -4.99. The number of ether oxygens (including phenoxy) is 2. The van der Waals surface area contributed by atoms with Crippen molar-refractivity contribution in [2.75, 3.05) is 11.9 Å². The van der Waals surface area contributed by atoms with Crippen molar-refractivity contribution in [1.82, 2.24) is 0 Å². The summed E-state index contributed by atoms with van der Waals surface area (Å²) in [5, 5.41) is 63.4. The minimum absolute atomic E-state index is 0.00429. The molecule has 5 aliphatic carbocycles. The number of aromatic hydroxyl groups is 1. The Kier molecular flexibility index (Phi) is 13.0. The molecule has 0 spiro atoms. The number of Topliss-reactive ketones (excluding diaryl/α,β-unsaturated/α-hetero) is 1. The minimum Gasteiger partial charge on any atom is -0.507 e. The van der Waals surface area contributed by atoms with Crippen molar-refractivity contribution in [3.8, 4) is 23.3 Å². The molecule has 370 valence electrons. The summed E-state index contributed by atoms with van der Waals surface area (Å²) in [6.07, 6.45) is 9.69. The highest BCUT2D eigenvalue weighted by atomic mass is 16.6. The van der Waals surface area contributed by atoms with Crippen LogP contribution in [0.5, 0.6) is 11.5 Å². The van der Waals surface area contributed by atoms with Crippen LogP contribution in [-0.4, -0.2) is 73.7 Å². The van der Waals surface area contributed by atoms with Crippen LogP contribution < -0.4 is 10.1 Å². The van der Waals surface area contributed by atoms with Gasteiger partial charge < -0.3 is 40.3 Å². The van der Waals surface area contributed by atoms with Gasteiger partial charge in [0.1, 0.15) is 29.0 Å². The van der Waals surface area contributed by atoms with E-state index in [0.29, 0.717) is 52.1 Å². The molecule has 0 unspecified atom stereocenters. The van der Waals surface area contributed by atoms with Crippen molar-refractivity contribution in [1.29, 1.82) is 0 Å². The maximum atomic E-state index is 15.7. The van der Waals surface area contributed by atoms with E-state index in [0.717, 1.165) is 81.8 Å². The van der Waals surface area contributed by atoms with Gasteiger partial charge in [-0.25, -0.2) is 4.79 Å². The number of esters is 2. The Morgan fingerprint density at radius 2 is 1.60 bits per heavy atom. The fraction of sp³-hybridized carbons (Fsp3) is 0.576. The molecule has 0 amide bonds. The van der Waals surface area contributed by atoms with Gasteiger partial charge in [-0.3, -0.25) is 9.59 Å². The molecule has 5 saturated carbocycles. The lowest BCUT2D eigenvalue weighted by atomic mass is 9.40. The molecule has 11 rings (SSSR count). The molecule has 0 saturated heterocycles. The topological polar surface area (TPSA) is 183 Å². The molecule has 3 heterocycles. The Balaban J connectivity index is 1.15. The zero-order valence-electron chi connectivity index (χ0n) is 40.4. The van der Waals surface area contributed by atoms with Gasteiger partial charge in [0.15, 0.2) is 0 Å². The van der Waals surface area contributed by atoms with E-state index in [1.807, 2.05) is 30.3 Å². The van der Waals surface area contributed by atoms with E-state index >= 15 is 4.79 Å². The first-order chi connectivity index (χ1) is 33.9. The predicted molar refractivity (Wildman–Crippen MR) is 263 cm³/mol. The molecule has 12 bridgehead atoms. The van der Waals surface area contributed by atoms with E-state index in [9.17, 15) is 35.1 Å². The van der Waals surface area contributed by atoms with Crippen LogP contribution in [0.4, 0.5) is 5.69 Å². The third-order valence-electron chi connectivity index (χ3n) is 18.3. The average molecular weight is 952 g/mol. The fourth-order valence-electron chi connectivity index (χ4n) is 15.4. The summed E-state index contributed by atoms with van der Waals surface area (Å²) in [6.45, 7) is 1.65. The molecule has 11 heteroatoms. The van der Waals surface area contributed by atoms with Gasteiger partial charge in [-0.05, 0) is 152 Å². The summed E-state index contributed by atoms with van der Waals surface area (Å²) in [7, 11) is 0. The molecule has 0 aromatic heterocycles. The Bertz CT molecular complexity index is 2640. The maximum absolute atomic E-state index is 15.7. The molecule has 6 N–H and O–H groups in total. The quantitative estimate of drug-likeness (QED) is 0.0795. The summed E-state index contributed by atoms with van der Waals surface area (Å²) in [4.78, 5) is 44.1. The van der Waals surface area contributed by atoms with Gasteiger partial charge in [0, 0.05) is 60.0 Å². The Morgan fingerprint density at radius 1 is 0.829 bits per heavy atom. The minimum atomic E-state index is -1.58. The first-order valence-electron chi connectivity index (χ1n) is 26.6. The van der Waals surface area contributed by atoms with Crippen molar-refractivity contribution >= 4 is 23.4 Å². The van der Waals surface area contributed by atoms with E-state index in [4.69, 9.17) is 9.47 Å². The number of phenolic OH excluding ortho intramolecular Hbond substituents is 1. The van der Waals surface area contributed by atoms with Crippen LogP contribution in [0.2, 0.25) is 0 Å². The number of hydrogen-bond donors (Lipinski definition) is 6. The third kappa shape index (κ3) is 8.69. The standard InChI is InChI=1S/C59H69NO10/c1-32(62)30-60-43-20-35(31-61)19-40(24-43)37-14-15-38-29-52(65)70-57-47(38)26-41(56(66)53(57)36-10-3-2-4-11-36)28-51-59(68)49-13-6-5-12-45(49)46-17-16-39-27-50(64)48(54(46)55(39)59)22-34-9-7-8-33(18-34)21-44(63)25-42(23-37)58(67)69-51/h7-9,18-20,24-26,32,36-39,44-46,48-49,51,54-55,60-63,66,68H,2-6,10-13,16-17,21-23,27-31H2,1H3/b42-25-/t32-,37-,38+,39-,44+,45+,46-,48-,49+,51+,54+,55-,59+/m0/s1. The highest BCUT2D eigenvalue weighted by molar-refractivity contribution is 5.89. The maximum Gasteiger partial charge on any atom is 0.334 e. The Labute approximate surface area is 411 Å². The molecule has 3 aliphatic heterocycles. The number of aliphatic hydroxyl groups is 4. The zero-order valence-corrected chi connectivity index (χ0v) is 40.4. The van der Waals surface area contributed by atoms with E-state index in [1.54, 1.807) is 19.1 Å². The summed E-state index contributed by atoms with van der Waals surface area (Å²) in [6, 6.07) is 15.5. The lowest BCUT2D eigenvalue weighted by Crippen LogP contribution is -2.71. The molecule has 13 atom stereocenters. The van der Waals surface area contributed by atoms with Crippen LogP contribution >= 0.6 is 0 Å². The molecular formula is C59H69NO10. The van der Waals surface area contributed by atoms with Crippen molar-refractivity contribution in [2.45, 2.75) is 164 Å². The summed E-state index contributed by atoms with van der Waals surface area (Å²) in [5.41, 5.74) is 4.17. The van der Waals surface area contributed by atoms with Crippen molar-refractivity contribution in [2.24, 2.45) is 41.4 Å². The number of carbonyl (C=O) groups is 3. The van der Waals surface area contributed by atoms with Gasteiger partial charge in [-0.1, -0.05) is 74.3 Å². The van der Waals surface area contributed by atoms with E-state index in [-0.39, 0.29) is 103 Å². The highest BCUT2D eigenvalue weighted by Gasteiger charge is 2.68. The van der Waals surface area contributed by atoms with Crippen LogP contribution in [0.25, 0.3) is 0 Å². The van der Waals surface area contributed by atoms with Gasteiger partial charge in [-0.15, -0.1) is 0 Å². The second-order valence-electron chi connectivity index (χ2n) is 22.6. The number of anilines is 1. The highest BCUT2D eigenvalue weighted by Crippen LogP contribution is 2.66. The first-order valence-corrected chi connectivity index (χ1v) is 26.6. The van der Waals surface area contributed by atoms with Gasteiger partial charge >= 0.3 is 11.9 Å². The van der Waals surface area contributed by atoms with Crippen LogP contribution in [0.3, 0.4) is 0 Å². The van der Waals surface area contributed by atoms with Gasteiger partial charge in [-0.2, -0.15) is 0 Å². The molecule has 3 aromatic rings. The third-order valence-corrected chi connectivity index (χ3v) is 18.3. The fourth-order valence-corrected chi connectivity index (χ4v) is 15.4. The summed E-state index contributed by atoms with van der Waals surface area (Å²) < 4.78 is 13.2. The number of carbonyl (C=O) groups excluding carboxylic acids is 3. The second-order valence-corrected chi connectivity index (χ2v) is 22.6. The number of aliphatic hydroxyl groups excluding tert-OH is 3. The number of nitrogens with one attached hydrogen (secondary N) is 1. The smallest absolute Gasteiger partial charge is 0.334 e. The molecule has 0 radical (unpaired) electrons. The molecule has 5 fully saturated rings. The first kappa shape index (κ1) is 47.3. The van der Waals surface area contributed by atoms with E-state index in [2.05, 4.69) is 29.3 Å². The molecule has 8 aliphatic rings. The number of hydrogen-bond acceptors (Lipinski definition) is 11. The molecular weight excluding hydrogens is 883 g/mol. The van der Waals surface area contributed by atoms with Crippen molar-refractivity contribution in [3.05, 3.63) is 99.1 Å². The monoisotopic (exact) mass is 951 g/mol. The number of rotatable bonds is 6. The summed E-state index contributed by atoms with van der Waals surface area (Å²) >= 11 is 0. The van der Waals surface area contributed by atoms with E-state index in [1.165, 1.54) is 0 Å². The number of ketones is 1. The van der Waals surface area contributed by atoms with Gasteiger partial charge in [0.25, 0.3) is 0 Å². The number of fused-ring (bicyclic) bond motifs is 10. The van der Waals surface area contributed by atoms with Crippen molar-refractivity contribution < 1.29 is 49.4 Å². The molecule has 3 aromatic carbocycles.